The molecule has 1 atom stereocenters. The van der Waals surface area contributed by atoms with E-state index in [-0.39, 0.29) is 18.5 Å². The van der Waals surface area contributed by atoms with Gasteiger partial charge in [0.25, 0.3) is 0 Å². The summed E-state index contributed by atoms with van der Waals surface area (Å²) in [7, 11) is 0. The van der Waals surface area contributed by atoms with Crippen LogP contribution < -0.4 is 19.7 Å². The predicted octanol–water partition coefficient (Wildman–Crippen LogP) is 3.48. The molecule has 2 heterocycles. The van der Waals surface area contributed by atoms with E-state index in [9.17, 15) is 9.18 Å². The molecule has 2 aliphatic rings. The van der Waals surface area contributed by atoms with Crippen molar-refractivity contribution in [2.75, 3.05) is 24.8 Å². The van der Waals surface area contributed by atoms with Gasteiger partial charge in [-0.1, -0.05) is 6.07 Å². The van der Waals surface area contributed by atoms with E-state index in [1.165, 1.54) is 12.1 Å². The molecule has 142 valence electrons. The van der Waals surface area contributed by atoms with Crippen LogP contribution in [0.3, 0.4) is 0 Å². The van der Waals surface area contributed by atoms with E-state index in [0.29, 0.717) is 36.1 Å². The predicted molar refractivity (Wildman–Crippen MR) is 100 cm³/mol. The lowest BCUT2D eigenvalue weighted by atomic mass is 10.0. The molecule has 0 saturated carbocycles. The molecule has 1 saturated heterocycles. The van der Waals surface area contributed by atoms with Crippen LogP contribution in [0.2, 0.25) is 0 Å². The van der Waals surface area contributed by atoms with Gasteiger partial charge in [0.2, 0.25) is 12.7 Å². The average molecular weight is 370 g/mol. The standard InChI is InChI=1S/C21H23FN2O3/c22-17-3-5-18(6-4-17)24(21(25)8-2-15-9-10-23-12-15)13-16-1-7-19-20(11-16)27-14-26-19/h1,3-7,11,15,23H,2,8-10,12-14H2. The summed E-state index contributed by atoms with van der Waals surface area (Å²) in [5.41, 5.74) is 1.64. The Morgan fingerprint density at radius 2 is 1.96 bits per heavy atom. The average Bonchev–Trinajstić information content (AvgIpc) is 3.36. The molecule has 27 heavy (non-hydrogen) atoms. The maximum Gasteiger partial charge on any atom is 0.231 e. The van der Waals surface area contributed by atoms with Crippen molar-refractivity contribution >= 4 is 11.6 Å². The van der Waals surface area contributed by atoms with Crippen molar-refractivity contribution in [1.82, 2.24) is 5.32 Å². The zero-order chi connectivity index (χ0) is 18.6. The van der Waals surface area contributed by atoms with Gasteiger partial charge in [0.1, 0.15) is 5.82 Å². The van der Waals surface area contributed by atoms with Crippen LogP contribution in [0, 0.1) is 11.7 Å². The first-order valence-electron chi connectivity index (χ1n) is 9.34. The number of rotatable bonds is 6. The third kappa shape index (κ3) is 4.22. The zero-order valence-corrected chi connectivity index (χ0v) is 15.1. The first-order valence-corrected chi connectivity index (χ1v) is 9.34. The lowest BCUT2D eigenvalue weighted by Crippen LogP contribution is -2.30. The number of ether oxygens (including phenoxy) is 2. The molecule has 5 nitrogen and oxygen atoms in total. The fraction of sp³-hybridized carbons (Fsp3) is 0.381. The van der Waals surface area contributed by atoms with Gasteiger partial charge in [0.15, 0.2) is 11.5 Å². The number of hydrogen-bond donors (Lipinski definition) is 1. The molecule has 6 heteroatoms. The molecule has 2 aromatic rings. The summed E-state index contributed by atoms with van der Waals surface area (Å²) < 4.78 is 24.1. The molecule has 1 fully saturated rings. The number of nitrogens with zero attached hydrogens (tertiary/aromatic N) is 1. The Hall–Kier alpha value is -2.60. The van der Waals surface area contributed by atoms with E-state index in [4.69, 9.17) is 9.47 Å². The molecule has 4 rings (SSSR count). The second-order valence-electron chi connectivity index (χ2n) is 7.04. The minimum Gasteiger partial charge on any atom is -0.454 e. The summed E-state index contributed by atoms with van der Waals surface area (Å²) in [4.78, 5) is 14.7. The Morgan fingerprint density at radius 1 is 1.15 bits per heavy atom. The van der Waals surface area contributed by atoms with Crippen molar-refractivity contribution in [2.45, 2.75) is 25.8 Å². The van der Waals surface area contributed by atoms with Crippen molar-refractivity contribution in [3.63, 3.8) is 0 Å². The van der Waals surface area contributed by atoms with Crippen LogP contribution in [0.1, 0.15) is 24.8 Å². The first-order chi connectivity index (χ1) is 13.2. The number of carbonyl (C=O) groups is 1. The summed E-state index contributed by atoms with van der Waals surface area (Å²) in [5, 5.41) is 3.33. The highest BCUT2D eigenvalue weighted by Gasteiger charge is 2.21. The van der Waals surface area contributed by atoms with Crippen LogP contribution in [-0.4, -0.2) is 25.8 Å². The van der Waals surface area contributed by atoms with Crippen LogP contribution in [0.15, 0.2) is 42.5 Å². The number of benzene rings is 2. The van der Waals surface area contributed by atoms with E-state index in [0.717, 1.165) is 31.5 Å². The van der Waals surface area contributed by atoms with Gasteiger partial charge in [0.05, 0.1) is 6.54 Å². The number of nitrogens with one attached hydrogen (secondary N) is 1. The number of fused-ring (bicyclic) bond motifs is 1. The van der Waals surface area contributed by atoms with Gasteiger partial charge in [-0.3, -0.25) is 4.79 Å². The van der Waals surface area contributed by atoms with Crippen LogP contribution in [-0.2, 0) is 11.3 Å². The van der Waals surface area contributed by atoms with Crippen molar-refractivity contribution in [3.8, 4) is 11.5 Å². The smallest absolute Gasteiger partial charge is 0.231 e. The van der Waals surface area contributed by atoms with Crippen LogP contribution in [0.4, 0.5) is 10.1 Å². The number of carbonyl (C=O) groups excluding carboxylic acids is 1. The zero-order valence-electron chi connectivity index (χ0n) is 15.1. The van der Waals surface area contributed by atoms with Crippen LogP contribution in [0.25, 0.3) is 0 Å². The van der Waals surface area contributed by atoms with Gasteiger partial charge in [-0.15, -0.1) is 0 Å². The van der Waals surface area contributed by atoms with Crippen LogP contribution in [0.5, 0.6) is 11.5 Å². The first kappa shape index (κ1) is 17.8. The minimum absolute atomic E-state index is 0.0474. The highest BCUT2D eigenvalue weighted by atomic mass is 19.1. The Kier molecular flexibility index (Phi) is 5.25. The largest absolute Gasteiger partial charge is 0.454 e. The fourth-order valence-electron chi connectivity index (χ4n) is 3.59. The Balaban J connectivity index is 1.51. The molecular weight excluding hydrogens is 347 g/mol. The van der Waals surface area contributed by atoms with Gasteiger partial charge in [0, 0.05) is 12.1 Å². The molecule has 0 radical (unpaired) electrons. The molecule has 0 bridgehead atoms. The molecule has 1 N–H and O–H groups in total. The highest BCUT2D eigenvalue weighted by Crippen LogP contribution is 2.33. The van der Waals surface area contributed by atoms with E-state index in [2.05, 4.69) is 5.32 Å². The van der Waals surface area contributed by atoms with Crippen molar-refractivity contribution in [3.05, 3.63) is 53.8 Å². The van der Waals surface area contributed by atoms with E-state index in [1.54, 1.807) is 17.0 Å². The summed E-state index contributed by atoms with van der Waals surface area (Å²) in [5.74, 6) is 1.69. The Labute approximate surface area is 158 Å². The lowest BCUT2D eigenvalue weighted by Gasteiger charge is -2.24. The molecule has 2 aromatic carbocycles. The summed E-state index contributed by atoms with van der Waals surface area (Å²) in [6.07, 6.45) is 2.46. The Morgan fingerprint density at radius 3 is 2.74 bits per heavy atom. The molecule has 2 aliphatic heterocycles. The van der Waals surface area contributed by atoms with Crippen molar-refractivity contribution < 1.29 is 18.7 Å². The topological polar surface area (TPSA) is 50.8 Å². The third-order valence-electron chi connectivity index (χ3n) is 5.15. The number of halogens is 1. The monoisotopic (exact) mass is 370 g/mol. The third-order valence-corrected chi connectivity index (χ3v) is 5.15. The van der Waals surface area contributed by atoms with E-state index < -0.39 is 0 Å². The summed E-state index contributed by atoms with van der Waals surface area (Å²) >= 11 is 0. The number of hydrogen-bond acceptors (Lipinski definition) is 4. The number of anilines is 1. The van der Waals surface area contributed by atoms with Gasteiger partial charge < -0.3 is 19.7 Å². The molecule has 1 unspecified atom stereocenters. The maximum atomic E-state index is 13.3. The van der Waals surface area contributed by atoms with Crippen molar-refractivity contribution in [1.29, 1.82) is 0 Å². The van der Waals surface area contributed by atoms with Crippen LogP contribution >= 0.6 is 0 Å². The van der Waals surface area contributed by atoms with Gasteiger partial charge >= 0.3 is 0 Å². The molecule has 1 amide bonds. The second kappa shape index (κ2) is 7.96. The van der Waals surface area contributed by atoms with E-state index >= 15 is 0 Å². The van der Waals surface area contributed by atoms with Crippen molar-refractivity contribution in [2.24, 2.45) is 5.92 Å². The highest BCUT2D eigenvalue weighted by molar-refractivity contribution is 5.93. The number of amides is 1. The van der Waals surface area contributed by atoms with Gasteiger partial charge in [-0.05, 0) is 73.8 Å². The fourth-order valence-corrected chi connectivity index (χ4v) is 3.59. The molecule has 0 spiro atoms. The maximum absolute atomic E-state index is 13.3. The quantitative estimate of drug-likeness (QED) is 0.846. The van der Waals surface area contributed by atoms with Gasteiger partial charge in [-0.25, -0.2) is 4.39 Å². The SMILES string of the molecule is O=C(CCC1CCNC1)N(Cc1ccc2c(c1)OCO2)c1ccc(F)cc1. The second-order valence-corrected chi connectivity index (χ2v) is 7.04. The summed E-state index contributed by atoms with van der Waals surface area (Å²) in [6.45, 7) is 2.63. The Bertz CT molecular complexity index is 804. The molecule has 0 aliphatic carbocycles. The molecule has 0 aromatic heterocycles. The lowest BCUT2D eigenvalue weighted by molar-refractivity contribution is -0.119. The summed E-state index contributed by atoms with van der Waals surface area (Å²) in [6, 6.07) is 11.8. The van der Waals surface area contributed by atoms with E-state index in [1.807, 2.05) is 18.2 Å². The molecular formula is C21H23FN2O3. The minimum atomic E-state index is -0.314. The normalized spacial score (nSPS) is 17.9. The van der Waals surface area contributed by atoms with Gasteiger partial charge in [-0.2, -0.15) is 0 Å².